The van der Waals surface area contributed by atoms with Gasteiger partial charge in [-0.2, -0.15) is 0 Å². The zero-order valence-corrected chi connectivity index (χ0v) is 23.0. The van der Waals surface area contributed by atoms with Gasteiger partial charge in [0.25, 0.3) is 0 Å². The van der Waals surface area contributed by atoms with E-state index >= 15 is 0 Å². The number of rotatable bonds is 1. The second-order valence-electron chi connectivity index (χ2n) is 11.3. The number of fused-ring (bicyclic) bond motifs is 11. The molecule has 4 nitrogen and oxygen atoms in total. The molecule has 2 aliphatic carbocycles. The Hall–Kier alpha value is -5.83. The summed E-state index contributed by atoms with van der Waals surface area (Å²) in [6, 6.07) is 32.2. The van der Waals surface area contributed by atoms with Gasteiger partial charge in [-0.3, -0.25) is 4.57 Å². The lowest BCUT2D eigenvalue weighted by molar-refractivity contribution is 0.668. The van der Waals surface area contributed by atoms with Crippen molar-refractivity contribution in [2.24, 2.45) is 4.99 Å². The Morgan fingerprint density at radius 2 is 1.58 bits per heavy atom. The molecular weight excluding hydrogens is 526 g/mol. The minimum absolute atomic E-state index is 0.0113. The highest BCUT2D eigenvalue weighted by molar-refractivity contribution is 6.26. The van der Waals surface area contributed by atoms with Crippen LogP contribution in [0.4, 0.5) is 0 Å². The summed E-state index contributed by atoms with van der Waals surface area (Å²) in [5.41, 5.74) is 12.9. The molecule has 0 bridgehead atoms. The third kappa shape index (κ3) is 3.13. The Labute approximate surface area is 246 Å². The first-order chi connectivity index (χ1) is 21.3. The van der Waals surface area contributed by atoms with Crippen molar-refractivity contribution in [3.05, 3.63) is 143 Å². The lowest BCUT2D eigenvalue weighted by atomic mass is 9.95. The maximum atomic E-state index is 6.28. The minimum Gasteiger partial charge on any atom is -0.456 e. The lowest BCUT2D eigenvalue weighted by Crippen LogP contribution is -2.42. The number of allylic oxidation sites excluding steroid dienone is 2. The highest BCUT2D eigenvalue weighted by Gasteiger charge is 2.28. The van der Waals surface area contributed by atoms with Crippen molar-refractivity contribution in [2.75, 3.05) is 0 Å². The maximum Gasteiger partial charge on any atom is 0.209 e. The second kappa shape index (κ2) is 8.36. The number of hydrogen-bond donors (Lipinski definition) is 1. The number of nitrogens with zero attached hydrogens (tertiary/aromatic N) is 2. The van der Waals surface area contributed by atoms with Crippen molar-refractivity contribution < 1.29 is 4.42 Å². The maximum absolute atomic E-state index is 6.28. The molecule has 200 valence electrons. The highest BCUT2D eigenvalue weighted by atomic mass is 16.3. The summed E-state index contributed by atoms with van der Waals surface area (Å²) in [6.07, 6.45) is 12.7. The minimum atomic E-state index is -0.0113. The molecule has 1 atom stereocenters. The SMILES string of the molecule is C1=Cc2ccc3c(c2C=1)c1c2ccccc2ccc1n3C1=NC(c2ccc3c(c2)oc2ccccc23)=C2C=CC=CC2N1. The highest BCUT2D eigenvalue weighted by Crippen LogP contribution is 2.41. The quantitative estimate of drug-likeness (QED) is 0.207. The van der Waals surface area contributed by atoms with Crippen LogP contribution in [0.25, 0.3) is 72.4 Å². The largest absolute Gasteiger partial charge is 0.456 e. The monoisotopic (exact) mass is 549 g/mol. The molecule has 1 unspecified atom stereocenters. The number of para-hydroxylation sites is 1. The predicted molar refractivity (Wildman–Crippen MR) is 178 cm³/mol. The summed E-state index contributed by atoms with van der Waals surface area (Å²) in [6.45, 7) is 0. The standard InChI is InChI=1S/C39H23N3O/c1-2-10-26-23(8-1)17-20-32-36(26)37-27-13-7-9-24(27)18-21-33(37)42(32)39-40-31-14-5-3-12-30(31)38(41-39)25-16-19-29-28-11-4-6-15-34(28)43-35(29)22-25/h1-6,8-22,31H,(H,40,41). The van der Waals surface area contributed by atoms with E-state index in [9.17, 15) is 0 Å². The molecule has 0 fully saturated rings. The number of furan rings is 1. The normalized spacial score (nSPS) is 17.0. The Morgan fingerprint density at radius 3 is 2.56 bits per heavy atom. The summed E-state index contributed by atoms with van der Waals surface area (Å²) in [7, 11) is 0. The van der Waals surface area contributed by atoms with Crippen LogP contribution in [0.3, 0.4) is 0 Å². The van der Waals surface area contributed by atoms with Crippen LogP contribution in [0.2, 0.25) is 0 Å². The molecule has 1 N–H and O–H groups in total. The first kappa shape index (κ1) is 22.8. The fourth-order valence-electron chi connectivity index (χ4n) is 7.09. The van der Waals surface area contributed by atoms with Gasteiger partial charge in [0.1, 0.15) is 11.2 Å². The Balaban J connectivity index is 1.26. The van der Waals surface area contributed by atoms with Crippen molar-refractivity contribution in [3.8, 4) is 0 Å². The van der Waals surface area contributed by atoms with Crippen LogP contribution in [0.15, 0.2) is 136 Å². The summed E-state index contributed by atoms with van der Waals surface area (Å²) in [5.74, 6) is 0.804. The predicted octanol–water partition coefficient (Wildman–Crippen LogP) is 9.20. The molecule has 3 aliphatic rings. The number of aromatic nitrogens is 1. The van der Waals surface area contributed by atoms with E-state index in [4.69, 9.17) is 9.41 Å². The third-order valence-corrected chi connectivity index (χ3v) is 9.03. The molecule has 43 heavy (non-hydrogen) atoms. The van der Waals surface area contributed by atoms with Gasteiger partial charge >= 0.3 is 0 Å². The van der Waals surface area contributed by atoms with Gasteiger partial charge in [0.15, 0.2) is 0 Å². The zero-order chi connectivity index (χ0) is 28.1. The van der Waals surface area contributed by atoms with Gasteiger partial charge < -0.3 is 9.73 Å². The van der Waals surface area contributed by atoms with E-state index in [0.29, 0.717) is 0 Å². The summed E-state index contributed by atoms with van der Waals surface area (Å²) in [5, 5.41) is 10.9. The Morgan fingerprint density at radius 1 is 0.744 bits per heavy atom. The van der Waals surface area contributed by atoms with Crippen molar-refractivity contribution >= 4 is 78.3 Å². The van der Waals surface area contributed by atoms with Gasteiger partial charge in [0.2, 0.25) is 5.96 Å². The number of hydrogen-bond acceptors (Lipinski definition) is 3. The van der Waals surface area contributed by atoms with Crippen molar-refractivity contribution in [3.63, 3.8) is 0 Å². The summed E-state index contributed by atoms with van der Waals surface area (Å²) >= 11 is 0. The Bertz CT molecular complexity index is 2580. The molecule has 1 aliphatic heterocycles. The molecule has 0 radical (unpaired) electrons. The van der Waals surface area contributed by atoms with E-state index < -0.39 is 0 Å². The first-order valence-corrected chi connectivity index (χ1v) is 14.6. The topological polar surface area (TPSA) is 42.5 Å². The molecule has 2 aromatic heterocycles. The van der Waals surface area contributed by atoms with E-state index in [1.165, 1.54) is 32.7 Å². The van der Waals surface area contributed by atoms with Crippen molar-refractivity contribution in [1.82, 2.24) is 9.88 Å². The summed E-state index contributed by atoms with van der Waals surface area (Å²) < 4.78 is 8.58. The fourth-order valence-corrected chi connectivity index (χ4v) is 7.09. The first-order valence-electron chi connectivity index (χ1n) is 14.6. The van der Waals surface area contributed by atoms with Crippen LogP contribution in [0, 0.1) is 0 Å². The molecule has 10 rings (SSSR count). The van der Waals surface area contributed by atoms with Gasteiger partial charge in [0, 0.05) is 38.2 Å². The van der Waals surface area contributed by atoms with Crippen LogP contribution in [-0.2, 0) is 0 Å². The molecule has 4 heteroatoms. The van der Waals surface area contributed by atoms with E-state index in [2.05, 4.69) is 131 Å². The summed E-state index contributed by atoms with van der Waals surface area (Å²) in [4.78, 5) is 5.40. The Kier molecular flexibility index (Phi) is 4.43. The average Bonchev–Trinajstić information content (AvgIpc) is 3.77. The molecule has 0 saturated carbocycles. The molecular formula is C39H23N3O. The fraction of sp³-hybridized carbons (Fsp3) is 0.0256. The van der Waals surface area contributed by atoms with Gasteiger partial charge in [-0.1, -0.05) is 85.0 Å². The van der Waals surface area contributed by atoms with E-state index in [0.717, 1.165) is 55.8 Å². The van der Waals surface area contributed by atoms with Gasteiger partial charge in [-0.25, -0.2) is 4.99 Å². The van der Waals surface area contributed by atoms with Crippen molar-refractivity contribution in [1.29, 1.82) is 0 Å². The van der Waals surface area contributed by atoms with Crippen LogP contribution < -0.4 is 5.32 Å². The van der Waals surface area contributed by atoms with Crippen LogP contribution >= 0.6 is 0 Å². The number of nitrogens with one attached hydrogen (secondary N) is 1. The number of benzene rings is 5. The molecule has 3 heterocycles. The number of aliphatic imine (C=N–C) groups is 1. The van der Waals surface area contributed by atoms with Gasteiger partial charge in [0.05, 0.1) is 22.8 Å². The molecule has 0 spiro atoms. The van der Waals surface area contributed by atoms with E-state index in [-0.39, 0.29) is 6.04 Å². The average molecular weight is 550 g/mol. The van der Waals surface area contributed by atoms with E-state index in [1.54, 1.807) is 0 Å². The third-order valence-electron chi connectivity index (χ3n) is 9.03. The molecule has 0 saturated heterocycles. The van der Waals surface area contributed by atoms with Crippen LogP contribution in [0.5, 0.6) is 0 Å². The second-order valence-corrected chi connectivity index (χ2v) is 11.3. The smallest absolute Gasteiger partial charge is 0.209 e. The molecule has 5 aromatic carbocycles. The van der Waals surface area contributed by atoms with Crippen molar-refractivity contribution in [2.45, 2.75) is 6.04 Å². The molecule has 0 amide bonds. The van der Waals surface area contributed by atoms with Crippen LogP contribution in [-0.4, -0.2) is 16.6 Å². The van der Waals surface area contributed by atoms with Gasteiger partial charge in [-0.15, -0.1) is 5.73 Å². The van der Waals surface area contributed by atoms with Crippen LogP contribution in [0.1, 0.15) is 16.7 Å². The van der Waals surface area contributed by atoms with E-state index in [1.807, 2.05) is 12.1 Å². The molecule has 7 aromatic rings. The van der Waals surface area contributed by atoms with Gasteiger partial charge in [-0.05, 0) is 58.8 Å². The zero-order valence-electron chi connectivity index (χ0n) is 23.0. The lowest BCUT2D eigenvalue weighted by Gasteiger charge is -2.28.